The fraction of sp³-hybridized carbons (Fsp3) is 0.143. The van der Waals surface area contributed by atoms with Gasteiger partial charge in [-0.05, 0) is 6.92 Å². The monoisotopic (exact) mass is 242 g/mol. The predicted molar refractivity (Wildman–Crippen MR) is 68.6 cm³/mol. The van der Waals surface area contributed by atoms with Gasteiger partial charge in [-0.1, -0.05) is 36.9 Å². The van der Waals surface area contributed by atoms with Crippen LogP contribution in [0, 0.1) is 0 Å². The second kappa shape index (κ2) is 5.31. The van der Waals surface area contributed by atoms with Crippen LogP contribution in [0.1, 0.15) is 12.6 Å². The molecule has 0 unspecified atom stereocenters. The fourth-order valence-electron chi connectivity index (χ4n) is 1.44. The number of imidazole rings is 1. The van der Waals surface area contributed by atoms with Gasteiger partial charge in [0.25, 0.3) is 0 Å². The zero-order valence-electron chi connectivity index (χ0n) is 10.1. The number of aromatic amines is 1. The highest BCUT2D eigenvalue weighted by Crippen LogP contribution is 2.15. The Kier molecular flexibility index (Phi) is 3.57. The second-order valence-corrected chi connectivity index (χ2v) is 3.98. The number of aromatic nitrogens is 2. The quantitative estimate of drug-likeness (QED) is 0.662. The van der Waals surface area contributed by atoms with Gasteiger partial charge in [0.2, 0.25) is 0 Å². The summed E-state index contributed by atoms with van der Waals surface area (Å²) in [5.41, 5.74) is 2.14. The molecule has 0 fully saturated rings. The average Bonchev–Trinajstić information content (AvgIpc) is 2.85. The molecule has 2 rings (SSSR count). The van der Waals surface area contributed by atoms with E-state index in [1.54, 1.807) is 13.1 Å². The van der Waals surface area contributed by atoms with Crippen molar-refractivity contribution >= 4 is 5.97 Å². The first-order valence-corrected chi connectivity index (χ1v) is 5.59. The number of ether oxygens (including phenoxy) is 1. The van der Waals surface area contributed by atoms with E-state index in [0.717, 1.165) is 17.1 Å². The van der Waals surface area contributed by atoms with Crippen molar-refractivity contribution in [2.75, 3.05) is 0 Å². The van der Waals surface area contributed by atoms with Gasteiger partial charge in [-0.25, -0.2) is 9.78 Å². The predicted octanol–water partition coefficient (Wildman–Crippen LogP) is 2.70. The minimum atomic E-state index is -0.397. The van der Waals surface area contributed by atoms with Crippen molar-refractivity contribution in [2.24, 2.45) is 0 Å². The van der Waals surface area contributed by atoms with Crippen LogP contribution in [-0.2, 0) is 16.1 Å². The highest BCUT2D eigenvalue weighted by atomic mass is 16.5. The van der Waals surface area contributed by atoms with Crippen molar-refractivity contribution in [1.82, 2.24) is 9.97 Å². The smallest absolute Gasteiger partial charge is 0.333 e. The Hall–Kier alpha value is -2.36. The summed E-state index contributed by atoms with van der Waals surface area (Å²) in [7, 11) is 0. The summed E-state index contributed by atoms with van der Waals surface area (Å²) < 4.78 is 5.03. The molecule has 0 atom stereocenters. The first-order chi connectivity index (χ1) is 8.66. The topological polar surface area (TPSA) is 55.0 Å². The van der Waals surface area contributed by atoms with Crippen molar-refractivity contribution < 1.29 is 9.53 Å². The van der Waals surface area contributed by atoms with Crippen molar-refractivity contribution in [2.45, 2.75) is 13.5 Å². The van der Waals surface area contributed by atoms with Crippen LogP contribution in [0.5, 0.6) is 0 Å². The summed E-state index contributed by atoms with van der Waals surface area (Å²) in [6.07, 6.45) is 1.66. The zero-order valence-corrected chi connectivity index (χ0v) is 10.1. The third-order valence-corrected chi connectivity index (χ3v) is 2.38. The molecule has 0 aliphatic carbocycles. The Morgan fingerprint density at radius 3 is 2.78 bits per heavy atom. The van der Waals surface area contributed by atoms with Crippen molar-refractivity contribution in [3.8, 4) is 11.4 Å². The number of H-pyrrole nitrogens is 1. The van der Waals surface area contributed by atoms with E-state index >= 15 is 0 Å². The third-order valence-electron chi connectivity index (χ3n) is 2.38. The van der Waals surface area contributed by atoms with E-state index in [9.17, 15) is 4.79 Å². The lowest BCUT2D eigenvalue weighted by molar-refractivity contribution is -0.140. The summed E-state index contributed by atoms with van der Waals surface area (Å²) >= 11 is 0. The summed E-state index contributed by atoms with van der Waals surface area (Å²) in [5.74, 6) is 0.364. The molecular weight excluding hydrogens is 228 g/mol. The van der Waals surface area contributed by atoms with Crippen molar-refractivity contribution in [1.29, 1.82) is 0 Å². The number of rotatable bonds is 4. The normalized spacial score (nSPS) is 10.1. The average molecular weight is 242 g/mol. The SMILES string of the molecule is C=C(C)C(=O)OCc1cnc(-c2ccccc2)[nH]1. The van der Waals surface area contributed by atoms with Crippen LogP contribution in [-0.4, -0.2) is 15.9 Å². The number of nitrogens with zero attached hydrogens (tertiary/aromatic N) is 1. The Morgan fingerprint density at radius 1 is 1.39 bits per heavy atom. The summed E-state index contributed by atoms with van der Waals surface area (Å²) in [6.45, 7) is 5.31. The van der Waals surface area contributed by atoms with Crippen molar-refractivity contribution in [3.63, 3.8) is 0 Å². The van der Waals surface area contributed by atoms with Crippen LogP contribution in [0.15, 0.2) is 48.7 Å². The lowest BCUT2D eigenvalue weighted by Crippen LogP contribution is -2.04. The maximum Gasteiger partial charge on any atom is 0.333 e. The van der Waals surface area contributed by atoms with Gasteiger partial charge in [0.1, 0.15) is 12.4 Å². The molecule has 1 aromatic heterocycles. The van der Waals surface area contributed by atoms with E-state index in [4.69, 9.17) is 4.74 Å². The summed E-state index contributed by atoms with van der Waals surface area (Å²) in [4.78, 5) is 18.6. The van der Waals surface area contributed by atoms with Crippen LogP contribution < -0.4 is 0 Å². The molecule has 0 amide bonds. The Labute approximate surface area is 105 Å². The molecule has 0 saturated carbocycles. The summed E-state index contributed by atoms with van der Waals surface area (Å²) in [5, 5.41) is 0. The molecule has 0 saturated heterocycles. The largest absolute Gasteiger partial charge is 0.456 e. The molecule has 92 valence electrons. The van der Waals surface area contributed by atoms with Crippen LogP contribution in [0.2, 0.25) is 0 Å². The van der Waals surface area contributed by atoms with Crippen LogP contribution in [0.4, 0.5) is 0 Å². The van der Waals surface area contributed by atoms with Gasteiger partial charge in [-0.15, -0.1) is 0 Å². The van der Waals surface area contributed by atoms with Gasteiger partial charge in [-0.2, -0.15) is 0 Å². The molecule has 1 aromatic carbocycles. The van der Waals surface area contributed by atoms with Crippen LogP contribution >= 0.6 is 0 Å². The molecule has 2 aromatic rings. The molecule has 4 heteroatoms. The van der Waals surface area contributed by atoms with Gasteiger partial charge in [0, 0.05) is 11.1 Å². The van der Waals surface area contributed by atoms with Crippen LogP contribution in [0.3, 0.4) is 0 Å². The van der Waals surface area contributed by atoms with E-state index in [0.29, 0.717) is 5.57 Å². The lowest BCUT2D eigenvalue weighted by Gasteiger charge is -2.01. The number of hydrogen-bond acceptors (Lipinski definition) is 3. The molecule has 0 radical (unpaired) electrons. The molecule has 1 heterocycles. The Morgan fingerprint density at radius 2 is 2.11 bits per heavy atom. The van der Waals surface area contributed by atoms with Crippen LogP contribution in [0.25, 0.3) is 11.4 Å². The number of esters is 1. The number of carbonyl (C=O) groups excluding carboxylic acids is 1. The third kappa shape index (κ3) is 2.85. The van der Waals surface area contributed by atoms with Gasteiger partial charge in [0.15, 0.2) is 0 Å². The molecule has 0 bridgehead atoms. The number of nitrogens with one attached hydrogen (secondary N) is 1. The minimum Gasteiger partial charge on any atom is -0.456 e. The molecule has 0 aliphatic heterocycles. The van der Waals surface area contributed by atoms with Gasteiger partial charge >= 0.3 is 5.97 Å². The van der Waals surface area contributed by atoms with E-state index in [1.807, 2.05) is 30.3 Å². The highest BCUT2D eigenvalue weighted by Gasteiger charge is 2.06. The number of benzene rings is 1. The number of hydrogen-bond donors (Lipinski definition) is 1. The Balaban J connectivity index is 2.03. The van der Waals surface area contributed by atoms with E-state index in [2.05, 4.69) is 16.5 Å². The van der Waals surface area contributed by atoms with E-state index in [1.165, 1.54) is 0 Å². The molecule has 4 nitrogen and oxygen atoms in total. The zero-order chi connectivity index (χ0) is 13.0. The second-order valence-electron chi connectivity index (χ2n) is 3.98. The van der Waals surface area contributed by atoms with Gasteiger partial charge in [-0.3, -0.25) is 0 Å². The maximum atomic E-state index is 11.2. The summed E-state index contributed by atoms with van der Waals surface area (Å²) in [6, 6.07) is 9.75. The molecule has 0 aliphatic rings. The first-order valence-electron chi connectivity index (χ1n) is 5.59. The van der Waals surface area contributed by atoms with Gasteiger partial charge in [0.05, 0.1) is 11.9 Å². The first kappa shape index (κ1) is 12.1. The van der Waals surface area contributed by atoms with E-state index in [-0.39, 0.29) is 6.61 Å². The highest BCUT2D eigenvalue weighted by molar-refractivity contribution is 5.86. The molecule has 18 heavy (non-hydrogen) atoms. The van der Waals surface area contributed by atoms with E-state index < -0.39 is 5.97 Å². The lowest BCUT2D eigenvalue weighted by atomic mass is 10.2. The van der Waals surface area contributed by atoms with Crippen molar-refractivity contribution in [3.05, 3.63) is 54.4 Å². The van der Waals surface area contributed by atoms with Gasteiger partial charge < -0.3 is 9.72 Å². The standard InChI is InChI=1S/C14H14N2O2/c1-10(2)14(17)18-9-12-8-15-13(16-12)11-6-4-3-5-7-11/h3-8H,1,9H2,2H3,(H,15,16). The minimum absolute atomic E-state index is 0.172. The molecule has 0 spiro atoms. The Bertz CT molecular complexity index is 558. The molecular formula is C14H14N2O2. The molecule has 1 N–H and O–H groups in total. The fourth-order valence-corrected chi connectivity index (χ4v) is 1.44. The maximum absolute atomic E-state index is 11.2. The number of carbonyl (C=O) groups is 1.